The molecule has 2 aliphatic heterocycles. The SMILES string of the molecule is CC1CN(CCc2cccnc2)CC2(CCN(CCc3ccccc3)CC2)O1.Cl. The van der Waals surface area contributed by atoms with Gasteiger partial charge in [0.2, 0.25) is 0 Å². The van der Waals surface area contributed by atoms with E-state index in [0.717, 1.165) is 65.0 Å². The third-order valence-electron chi connectivity index (χ3n) is 6.24. The van der Waals surface area contributed by atoms with Crippen molar-refractivity contribution in [2.24, 2.45) is 0 Å². The summed E-state index contributed by atoms with van der Waals surface area (Å²) in [6, 6.07) is 15.0. The van der Waals surface area contributed by atoms with Gasteiger partial charge in [0, 0.05) is 51.7 Å². The Morgan fingerprint density at radius 3 is 2.38 bits per heavy atom. The van der Waals surface area contributed by atoms with Gasteiger partial charge >= 0.3 is 0 Å². The number of piperidine rings is 1. The molecule has 2 fully saturated rings. The number of pyridine rings is 1. The number of ether oxygens (including phenoxy) is 1. The van der Waals surface area contributed by atoms with Gasteiger partial charge in [0.1, 0.15) is 0 Å². The van der Waals surface area contributed by atoms with Crippen molar-refractivity contribution in [1.82, 2.24) is 14.8 Å². The van der Waals surface area contributed by atoms with Crippen LogP contribution in [0.5, 0.6) is 0 Å². The summed E-state index contributed by atoms with van der Waals surface area (Å²) in [5, 5.41) is 0. The maximum atomic E-state index is 6.53. The van der Waals surface area contributed by atoms with Gasteiger partial charge in [0.15, 0.2) is 0 Å². The maximum Gasteiger partial charge on any atom is 0.0837 e. The van der Waals surface area contributed by atoms with Crippen molar-refractivity contribution in [3.05, 3.63) is 66.0 Å². The van der Waals surface area contributed by atoms with Crippen molar-refractivity contribution < 1.29 is 4.74 Å². The zero-order chi connectivity index (χ0) is 19.2. The Morgan fingerprint density at radius 2 is 1.66 bits per heavy atom. The van der Waals surface area contributed by atoms with Crippen LogP contribution in [0.4, 0.5) is 0 Å². The molecule has 1 atom stereocenters. The van der Waals surface area contributed by atoms with Gasteiger partial charge in [-0.2, -0.15) is 0 Å². The lowest BCUT2D eigenvalue weighted by atomic mass is 9.88. The van der Waals surface area contributed by atoms with E-state index >= 15 is 0 Å². The van der Waals surface area contributed by atoms with Crippen molar-refractivity contribution in [3.63, 3.8) is 0 Å². The van der Waals surface area contributed by atoms with E-state index in [9.17, 15) is 0 Å². The Labute approximate surface area is 181 Å². The molecular weight excluding hydrogens is 382 g/mol. The number of likely N-dealkylation sites (tertiary alicyclic amines) is 1. The molecule has 0 aliphatic carbocycles. The van der Waals surface area contributed by atoms with Gasteiger partial charge in [-0.3, -0.25) is 9.88 Å². The van der Waals surface area contributed by atoms with E-state index in [1.807, 2.05) is 18.5 Å². The van der Waals surface area contributed by atoms with E-state index in [0.29, 0.717) is 6.10 Å². The Morgan fingerprint density at radius 1 is 0.966 bits per heavy atom. The third kappa shape index (κ3) is 6.26. The van der Waals surface area contributed by atoms with E-state index < -0.39 is 0 Å². The average molecular weight is 416 g/mol. The molecule has 4 nitrogen and oxygen atoms in total. The Balaban J connectivity index is 0.00000240. The van der Waals surface area contributed by atoms with Crippen molar-refractivity contribution in [1.29, 1.82) is 0 Å². The standard InChI is InChI=1S/C24H33N3O.ClH/c1-21-19-27(15-10-23-8-5-13-25-18-23)20-24(28-21)11-16-26(17-12-24)14-9-22-6-3-2-4-7-22;/h2-8,13,18,21H,9-12,14-17,19-20H2,1H3;1H. The highest BCUT2D eigenvalue weighted by molar-refractivity contribution is 5.85. The minimum atomic E-state index is 0. The summed E-state index contributed by atoms with van der Waals surface area (Å²) < 4.78 is 6.53. The summed E-state index contributed by atoms with van der Waals surface area (Å²) in [4.78, 5) is 9.47. The fourth-order valence-electron chi connectivity index (χ4n) is 4.73. The Bertz CT molecular complexity index is 719. The third-order valence-corrected chi connectivity index (χ3v) is 6.24. The highest BCUT2D eigenvalue weighted by atomic mass is 35.5. The Hall–Kier alpha value is -1.46. The molecule has 3 heterocycles. The first-order chi connectivity index (χ1) is 13.7. The van der Waals surface area contributed by atoms with Crippen LogP contribution in [0.1, 0.15) is 30.9 Å². The summed E-state index contributed by atoms with van der Waals surface area (Å²) in [5.41, 5.74) is 2.81. The summed E-state index contributed by atoms with van der Waals surface area (Å²) in [6.07, 6.45) is 8.66. The monoisotopic (exact) mass is 415 g/mol. The molecule has 2 aromatic rings. The van der Waals surface area contributed by atoms with Crippen molar-refractivity contribution in [2.75, 3.05) is 39.3 Å². The molecule has 1 aromatic carbocycles. The number of hydrogen-bond acceptors (Lipinski definition) is 4. The number of hydrogen-bond donors (Lipinski definition) is 0. The average Bonchev–Trinajstić information content (AvgIpc) is 2.73. The van der Waals surface area contributed by atoms with Crippen LogP contribution >= 0.6 is 12.4 Å². The van der Waals surface area contributed by atoms with Gasteiger partial charge < -0.3 is 9.64 Å². The number of aromatic nitrogens is 1. The zero-order valence-corrected chi connectivity index (χ0v) is 18.3. The Kier molecular flexibility index (Phi) is 8.07. The van der Waals surface area contributed by atoms with Crippen LogP contribution in [-0.4, -0.2) is 65.8 Å². The molecule has 2 saturated heterocycles. The van der Waals surface area contributed by atoms with Gasteiger partial charge in [0.05, 0.1) is 11.7 Å². The zero-order valence-electron chi connectivity index (χ0n) is 17.5. The van der Waals surface area contributed by atoms with Gasteiger partial charge in [-0.05, 0) is 49.8 Å². The molecule has 5 heteroatoms. The second-order valence-corrected chi connectivity index (χ2v) is 8.54. The molecule has 0 radical (unpaired) electrons. The molecular formula is C24H34ClN3O. The van der Waals surface area contributed by atoms with Crippen LogP contribution in [0.3, 0.4) is 0 Å². The first-order valence-corrected chi connectivity index (χ1v) is 10.8. The van der Waals surface area contributed by atoms with Crippen LogP contribution in [0, 0.1) is 0 Å². The second-order valence-electron chi connectivity index (χ2n) is 8.54. The lowest BCUT2D eigenvalue weighted by Gasteiger charge is -2.49. The van der Waals surface area contributed by atoms with Gasteiger partial charge in [-0.15, -0.1) is 12.4 Å². The van der Waals surface area contributed by atoms with E-state index in [1.165, 1.54) is 11.1 Å². The summed E-state index contributed by atoms with van der Waals surface area (Å²) in [7, 11) is 0. The van der Waals surface area contributed by atoms with Crippen LogP contribution in [0.15, 0.2) is 54.9 Å². The topological polar surface area (TPSA) is 28.6 Å². The van der Waals surface area contributed by atoms with Crippen molar-refractivity contribution in [2.45, 2.75) is 44.3 Å². The molecule has 0 amide bonds. The number of nitrogens with zero attached hydrogens (tertiary/aromatic N) is 3. The number of rotatable bonds is 6. The van der Waals surface area contributed by atoms with Crippen LogP contribution in [0.25, 0.3) is 0 Å². The predicted octanol–water partition coefficient (Wildman–Crippen LogP) is 3.84. The molecule has 0 saturated carbocycles. The summed E-state index contributed by atoms with van der Waals surface area (Å²) in [6.45, 7) is 8.90. The molecule has 2 aliphatic rings. The molecule has 158 valence electrons. The first kappa shape index (κ1) is 22.2. The number of morpholine rings is 1. The smallest absolute Gasteiger partial charge is 0.0837 e. The van der Waals surface area contributed by atoms with Gasteiger partial charge in [-0.25, -0.2) is 0 Å². The minimum Gasteiger partial charge on any atom is -0.369 e. The summed E-state index contributed by atoms with van der Waals surface area (Å²) >= 11 is 0. The minimum absolute atomic E-state index is 0. The number of benzene rings is 1. The quantitative estimate of drug-likeness (QED) is 0.716. The largest absolute Gasteiger partial charge is 0.369 e. The molecule has 1 spiro atoms. The van der Waals surface area contributed by atoms with E-state index in [-0.39, 0.29) is 18.0 Å². The highest BCUT2D eigenvalue weighted by Gasteiger charge is 2.41. The highest BCUT2D eigenvalue weighted by Crippen LogP contribution is 2.32. The predicted molar refractivity (Wildman–Crippen MR) is 121 cm³/mol. The van der Waals surface area contributed by atoms with Gasteiger partial charge in [0.25, 0.3) is 0 Å². The fraction of sp³-hybridized carbons (Fsp3) is 0.542. The summed E-state index contributed by atoms with van der Waals surface area (Å²) in [5.74, 6) is 0. The van der Waals surface area contributed by atoms with E-state index in [2.05, 4.69) is 58.1 Å². The maximum absolute atomic E-state index is 6.53. The van der Waals surface area contributed by atoms with Crippen LogP contribution in [-0.2, 0) is 17.6 Å². The molecule has 0 N–H and O–H groups in total. The van der Waals surface area contributed by atoms with E-state index in [1.54, 1.807) is 0 Å². The van der Waals surface area contributed by atoms with Crippen LogP contribution < -0.4 is 0 Å². The van der Waals surface area contributed by atoms with Crippen LogP contribution in [0.2, 0.25) is 0 Å². The second kappa shape index (κ2) is 10.5. The molecule has 1 unspecified atom stereocenters. The number of halogens is 1. The lowest BCUT2D eigenvalue weighted by Crippen LogP contribution is -2.59. The van der Waals surface area contributed by atoms with Crippen molar-refractivity contribution in [3.8, 4) is 0 Å². The first-order valence-electron chi connectivity index (χ1n) is 10.8. The molecule has 0 bridgehead atoms. The molecule has 29 heavy (non-hydrogen) atoms. The lowest BCUT2D eigenvalue weighted by molar-refractivity contribution is -0.169. The van der Waals surface area contributed by atoms with E-state index in [4.69, 9.17) is 4.74 Å². The van der Waals surface area contributed by atoms with Crippen molar-refractivity contribution >= 4 is 12.4 Å². The fourth-order valence-corrected chi connectivity index (χ4v) is 4.73. The molecule has 4 rings (SSSR count). The van der Waals surface area contributed by atoms with Gasteiger partial charge in [-0.1, -0.05) is 36.4 Å². The molecule has 1 aromatic heterocycles. The normalized spacial score (nSPS) is 22.3.